The molecule has 0 N–H and O–H groups in total. The summed E-state index contributed by atoms with van der Waals surface area (Å²) in [5, 5.41) is 11.2. The number of hydrogen-bond acceptors (Lipinski definition) is 4. The van der Waals surface area contributed by atoms with Gasteiger partial charge in [-0.15, -0.1) is 0 Å². The second-order valence-corrected chi connectivity index (χ2v) is 4.37. The quantitative estimate of drug-likeness (QED) is 0.676. The van der Waals surface area contributed by atoms with Crippen molar-refractivity contribution in [2.24, 2.45) is 0 Å². The van der Waals surface area contributed by atoms with Gasteiger partial charge in [0, 0.05) is 12.5 Å². The molecule has 1 aromatic rings. The van der Waals surface area contributed by atoms with Gasteiger partial charge in [-0.25, -0.2) is 4.48 Å². The van der Waals surface area contributed by atoms with Gasteiger partial charge in [0.1, 0.15) is 0 Å². The average Bonchev–Trinajstić information content (AvgIpc) is 2.52. The lowest BCUT2D eigenvalue weighted by atomic mass is 10.2. The zero-order valence-corrected chi connectivity index (χ0v) is 9.93. The lowest BCUT2D eigenvalue weighted by molar-refractivity contribution is -0.261. The minimum atomic E-state index is -1.19. The molecule has 0 saturated carbocycles. The van der Waals surface area contributed by atoms with E-state index in [1.54, 1.807) is 32.3 Å². The van der Waals surface area contributed by atoms with E-state index in [0.717, 1.165) is 6.42 Å². The van der Waals surface area contributed by atoms with E-state index < -0.39 is 10.6 Å². The predicted molar refractivity (Wildman–Crippen MR) is 61.1 cm³/mol. The molecule has 1 heterocycles. The molecule has 0 aliphatic carbocycles. The molecule has 0 saturated heterocycles. The average molecular weight is 237 g/mol. The van der Waals surface area contributed by atoms with Crippen molar-refractivity contribution in [1.82, 2.24) is 4.48 Å². The molecule has 2 rings (SSSR count). The molecule has 0 spiro atoms. The van der Waals surface area contributed by atoms with E-state index in [-0.39, 0.29) is 0 Å². The zero-order chi connectivity index (χ0) is 12.5. The number of rotatable bonds is 1. The molecule has 0 radical (unpaired) electrons. The van der Waals surface area contributed by atoms with E-state index in [1.807, 2.05) is 0 Å². The fraction of sp³-hybridized carbons (Fsp3) is 0.417. The summed E-state index contributed by atoms with van der Waals surface area (Å²) in [6, 6.07) is 5.24. The van der Waals surface area contributed by atoms with Crippen molar-refractivity contribution in [2.45, 2.75) is 6.42 Å². The third-order valence-corrected chi connectivity index (χ3v) is 2.81. The van der Waals surface area contributed by atoms with Crippen LogP contribution in [0.25, 0.3) is 0 Å². The van der Waals surface area contributed by atoms with Crippen LogP contribution in [0.1, 0.15) is 6.42 Å². The summed E-state index contributed by atoms with van der Waals surface area (Å²) in [5.41, 5.74) is 0.532. The molecule has 0 aromatic heterocycles. The van der Waals surface area contributed by atoms with Crippen molar-refractivity contribution in [2.75, 3.05) is 27.3 Å². The first-order chi connectivity index (χ1) is 8.03. The Morgan fingerprint density at radius 1 is 1.29 bits per heavy atom. The van der Waals surface area contributed by atoms with Gasteiger partial charge in [0.25, 0.3) is 6.09 Å². The van der Waals surface area contributed by atoms with Gasteiger partial charge in [-0.1, -0.05) is 6.07 Å². The molecule has 17 heavy (non-hydrogen) atoms. The maximum atomic E-state index is 11.2. The predicted octanol–water partition coefficient (Wildman–Crippen LogP) is 0.758. The van der Waals surface area contributed by atoms with Crippen molar-refractivity contribution in [3.05, 3.63) is 18.2 Å². The van der Waals surface area contributed by atoms with Crippen LogP contribution in [0.2, 0.25) is 0 Å². The normalized spacial score (nSPS) is 15.2. The van der Waals surface area contributed by atoms with E-state index in [0.29, 0.717) is 30.4 Å². The fourth-order valence-corrected chi connectivity index (χ4v) is 1.72. The minimum Gasteiger partial charge on any atom is -0.498 e. The number of amides is 1. The molecule has 92 valence electrons. The summed E-state index contributed by atoms with van der Waals surface area (Å²) < 4.78 is 10.7. The molecule has 0 atom stereocenters. The van der Waals surface area contributed by atoms with E-state index in [1.165, 1.54) is 0 Å². The number of carbonyl (C=O) groups excluding carboxylic acids is 1. The van der Waals surface area contributed by atoms with Gasteiger partial charge < -0.3 is 19.4 Å². The van der Waals surface area contributed by atoms with Gasteiger partial charge in [0.05, 0.1) is 27.3 Å². The van der Waals surface area contributed by atoms with Crippen LogP contribution in [-0.4, -0.2) is 33.4 Å². The smallest absolute Gasteiger partial charge is 0.262 e. The monoisotopic (exact) mass is 237 g/mol. The van der Waals surface area contributed by atoms with Crippen LogP contribution in [0, 0.1) is 0 Å². The molecule has 1 amide bonds. The van der Waals surface area contributed by atoms with E-state index in [4.69, 9.17) is 9.47 Å². The standard InChI is InChI=1S/C12H15NO4/c1-13(2,12(14)15)9-5-3-6-10-11(9)17-8-4-7-16-10/h3,5-6H,4,7-8H2,1-2H3. The Balaban J connectivity index is 2.52. The molecule has 5 heteroatoms. The van der Waals surface area contributed by atoms with Gasteiger partial charge in [-0.05, 0) is 6.07 Å². The third-order valence-electron chi connectivity index (χ3n) is 2.81. The Morgan fingerprint density at radius 2 is 2.00 bits per heavy atom. The second kappa shape index (κ2) is 4.25. The number of nitrogens with zero attached hydrogens (tertiary/aromatic N) is 1. The number of hydrogen-bond donors (Lipinski definition) is 0. The van der Waals surface area contributed by atoms with Gasteiger partial charge in [-0.2, -0.15) is 0 Å². The van der Waals surface area contributed by atoms with Crippen LogP contribution in [0.4, 0.5) is 10.5 Å². The Morgan fingerprint density at radius 3 is 2.71 bits per heavy atom. The van der Waals surface area contributed by atoms with E-state index >= 15 is 0 Å². The zero-order valence-electron chi connectivity index (χ0n) is 9.93. The molecule has 0 fully saturated rings. The first-order valence-corrected chi connectivity index (χ1v) is 5.48. The largest absolute Gasteiger partial charge is 0.498 e. The molecule has 0 unspecified atom stereocenters. The first-order valence-electron chi connectivity index (χ1n) is 5.48. The third kappa shape index (κ3) is 2.06. The maximum Gasteiger partial charge on any atom is 0.262 e. The number of fused-ring (bicyclic) bond motifs is 1. The van der Waals surface area contributed by atoms with Crippen LogP contribution in [0.15, 0.2) is 18.2 Å². The number of carbonyl (C=O) groups is 1. The summed E-state index contributed by atoms with van der Waals surface area (Å²) in [5.74, 6) is 1.09. The summed E-state index contributed by atoms with van der Waals surface area (Å²) in [7, 11) is 3.08. The van der Waals surface area contributed by atoms with Crippen molar-refractivity contribution in [3.8, 4) is 11.5 Å². The molecular weight excluding hydrogens is 222 g/mol. The van der Waals surface area contributed by atoms with Crippen LogP contribution in [-0.2, 0) is 0 Å². The Bertz CT molecular complexity index is 442. The van der Waals surface area contributed by atoms with Crippen molar-refractivity contribution in [1.29, 1.82) is 0 Å². The summed E-state index contributed by atoms with van der Waals surface area (Å²) in [6.45, 7) is 1.10. The molecule has 5 nitrogen and oxygen atoms in total. The Hall–Kier alpha value is -1.75. The first kappa shape index (κ1) is 11.7. The molecule has 0 bridgehead atoms. The SMILES string of the molecule is C[N+](C)(C(=O)[O-])c1cccc2c1OCCCO2. The second-order valence-electron chi connectivity index (χ2n) is 4.37. The number of carboxylic acid groups (broad SMARTS) is 1. The van der Waals surface area contributed by atoms with Crippen molar-refractivity contribution >= 4 is 11.8 Å². The summed E-state index contributed by atoms with van der Waals surface area (Å²) in [6.07, 6.45) is -0.404. The number of quaternary nitrogens is 1. The van der Waals surface area contributed by atoms with Gasteiger partial charge in [0.2, 0.25) is 5.75 Å². The molecule has 1 aliphatic heterocycles. The summed E-state index contributed by atoms with van der Waals surface area (Å²) in [4.78, 5) is 11.2. The van der Waals surface area contributed by atoms with Crippen LogP contribution < -0.4 is 19.1 Å². The summed E-state index contributed by atoms with van der Waals surface area (Å²) >= 11 is 0. The molecule has 1 aliphatic rings. The van der Waals surface area contributed by atoms with Crippen LogP contribution in [0.3, 0.4) is 0 Å². The molecule has 1 aromatic carbocycles. The Labute approximate surface area is 99.8 Å². The van der Waals surface area contributed by atoms with Crippen molar-refractivity contribution in [3.63, 3.8) is 0 Å². The highest BCUT2D eigenvalue weighted by Gasteiger charge is 2.29. The van der Waals surface area contributed by atoms with Crippen molar-refractivity contribution < 1.29 is 19.4 Å². The number of ether oxygens (including phenoxy) is 2. The topological polar surface area (TPSA) is 58.6 Å². The maximum absolute atomic E-state index is 11.2. The minimum absolute atomic E-state index is 0.396. The highest BCUT2D eigenvalue weighted by molar-refractivity contribution is 5.81. The lowest BCUT2D eigenvalue weighted by Gasteiger charge is -2.29. The van der Waals surface area contributed by atoms with E-state index in [2.05, 4.69) is 0 Å². The van der Waals surface area contributed by atoms with Gasteiger partial charge in [-0.3, -0.25) is 0 Å². The highest BCUT2D eigenvalue weighted by atomic mass is 16.5. The highest BCUT2D eigenvalue weighted by Crippen LogP contribution is 2.40. The van der Waals surface area contributed by atoms with Gasteiger partial charge >= 0.3 is 0 Å². The van der Waals surface area contributed by atoms with Gasteiger partial charge in [0.15, 0.2) is 11.4 Å². The van der Waals surface area contributed by atoms with Crippen LogP contribution >= 0.6 is 0 Å². The number of benzene rings is 1. The lowest BCUT2D eigenvalue weighted by Crippen LogP contribution is -2.54. The molecular formula is C12H15NO4. The number of para-hydroxylation sites is 1. The van der Waals surface area contributed by atoms with E-state index in [9.17, 15) is 9.90 Å². The fourth-order valence-electron chi connectivity index (χ4n) is 1.72. The van der Waals surface area contributed by atoms with Crippen LogP contribution in [0.5, 0.6) is 11.5 Å². The Kier molecular flexibility index (Phi) is 2.93.